The van der Waals surface area contributed by atoms with Gasteiger partial charge in [0.25, 0.3) is 5.91 Å². The zero-order chi connectivity index (χ0) is 12.0. The number of nitrogens with one attached hydrogen (secondary N) is 1. The third-order valence-electron chi connectivity index (χ3n) is 2.07. The van der Waals surface area contributed by atoms with Gasteiger partial charge in [0.2, 0.25) is 0 Å². The summed E-state index contributed by atoms with van der Waals surface area (Å²) in [7, 11) is 0. The van der Waals surface area contributed by atoms with Crippen LogP contribution in [0.4, 0.5) is 0 Å². The number of amides is 1. The molecule has 0 aliphatic rings. The van der Waals surface area contributed by atoms with Crippen molar-refractivity contribution in [2.45, 2.75) is 25.9 Å². The quantitative estimate of drug-likeness (QED) is 0.811. The lowest BCUT2D eigenvalue weighted by atomic mass is 10.2. The SMILES string of the molecule is CCCC(O)CNC(=O)c1cccc(Br)n1. The van der Waals surface area contributed by atoms with Gasteiger partial charge in [0.05, 0.1) is 6.10 Å². The van der Waals surface area contributed by atoms with Gasteiger partial charge in [-0.25, -0.2) is 4.98 Å². The predicted octanol–water partition coefficient (Wildman–Crippen LogP) is 1.73. The van der Waals surface area contributed by atoms with Crippen LogP contribution in [-0.4, -0.2) is 28.6 Å². The summed E-state index contributed by atoms with van der Waals surface area (Å²) in [6.45, 7) is 2.25. The van der Waals surface area contributed by atoms with Crippen LogP contribution < -0.4 is 5.32 Å². The van der Waals surface area contributed by atoms with Crippen molar-refractivity contribution in [3.63, 3.8) is 0 Å². The van der Waals surface area contributed by atoms with E-state index in [2.05, 4.69) is 26.2 Å². The number of nitrogens with zero attached hydrogens (tertiary/aromatic N) is 1. The lowest BCUT2D eigenvalue weighted by Crippen LogP contribution is -2.32. The van der Waals surface area contributed by atoms with E-state index in [0.29, 0.717) is 16.7 Å². The van der Waals surface area contributed by atoms with E-state index in [1.54, 1.807) is 18.2 Å². The first-order chi connectivity index (χ1) is 7.63. The van der Waals surface area contributed by atoms with Crippen LogP contribution in [0, 0.1) is 0 Å². The molecule has 0 saturated heterocycles. The molecular formula is C11H15BrN2O2. The molecule has 1 aromatic heterocycles. The monoisotopic (exact) mass is 286 g/mol. The Balaban J connectivity index is 2.47. The highest BCUT2D eigenvalue weighted by molar-refractivity contribution is 9.10. The topological polar surface area (TPSA) is 62.2 Å². The molecule has 16 heavy (non-hydrogen) atoms. The Morgan fingerprint density at radius 1 is 1.62 bits per heavy atom. The summed E-state index contributed by atoms with van der Waals surface area (Å²) in [5.74, 6) is -0.267. The summed E-state index contributed by atoms with van der Waals surface area (Å²) in [4.78, 5) is 15.6. The fourth-order valence-corrected chi connectivity index (χ4v) is 1.61. The van der Waals surface area contributed by atoms with Crippen LogP contribution in [-0.2, 0) is 0 Å². The zero-order valence-corrected chi connectivity index (χ0v) is 10.7. The molecule has 0 spiro atoms. The Kier molecular flexibility index (Phi) is 5.42. The molecule has 0 bridgehead atoms. The third-order valence-corrected chi connectivity index (χ3v) is 2.51. The van der Waals surface area contributed by atoms with Gasteiger partial charge in [-0.1, -0.05) is 19.4 Å². The highest BCUT2D eigenvalue weighted by Gasteiger charge is 2.09. The molecule has 1 rings (SSSR count). The molecule has 4 nitrogen and oxygen atoms in total. The number of halogens is 1. The van der Waals surface area contributed by atoms with Gasteiger partial charge in [-0.05, 0) is 34.5 Å². The lowest BCUT2D eigenvalue weighted by molar-refractivity contribution is 0.0905. The van der Waals surface area contributed by atoms with Crippen LogP contribution in [0.2, 0.25) is 0 Å². The van der Waals surface area contributed by atoms with E-state index < -0.39 is 6.10 Å². The smallest absolute Gasteiger partial charge is 0.270 e. The van der Waals surface area contributed by atoms with Gasteiger partial charge in [-0.2, -0.15) is 0 Å². The first-order valence-electron chi connectivity index (χ1n) is 5.22. The molecule has 0 aromatic carbocycles. The highest BCUT2D eigenvalue weighted by Crippen LogP contribution is 2.06. The Morgan fingerprint density at radius 2 is 2.38 bits per heavy atom. The molecular weight excluding hydrogens is 272 g/mol. The minimum atomic E-state index is -0.485. The maximum Gasteiger partial charge on any atom is 0.270 e. The molecule has 0 aliphatic heterocycles. The molecule has 2 N–H and O–H groups in total. The fraction of sp³-hybridized carbons (Fsp3) is 0.455. The summed E-state index contributed by atoms with van der Waals surface area (Å²) >= 11 is 3.19. The fourth-order valence-electron chi connectivity index (χ4n) is 1.27. The second-order valence-electron chi connectivity index (χ2n) is 3.50. The Labute approximate surface area is 103 Å². The summed E-state index contributed by atoms with van der Waals surface area (Å²) in [5, 5.41) is 12.1. The van der Waals surface area contributed by atoms with Crippen LogP contribution in [0.1, 0.15) is 30.3 Å². The second-order valence-corrected chi connectivity index (χ2v) is 4.31. The molecule has 0 aliphatic carbocycles. The van der Waals surface area contributed by atoms with Gasteiger partial charge < -0.3 is 10.4 Å². The normalized spacial score (nSPS) is 12.2. The van der Waals surface area contributed by atoms with Crippen molar-refractivity contribution in [3.05, 3.63) is 28.5 Å². The number of carbonyl (C=O) groups excluding carboxylic acids is 1. The predicted molar refractivity (Wildman–Crippen MR) is 65.2 cm³/mol. The van der Waals surface area contributed by atoms with Gasteiger partial charge in [0.1, 0.15) is 10.3 Å². The molecule has 1 aromatic rings. The van der Waals surface area contributed by atoms with Crippen LogP contribution in [0.3, 0.4) is 0 Å². The summed E-state index contributed by atoms with van der Waals surface area (Å²) in [5.41, 5.74) is 0.345. The van der Waals surface area contributed by atoms with Crippen molar-refractivity contribution in [1.29, 1.82) is 0 Å². The number of pyridine rings is 1. The van der Waals surface area contributed by atoms with Crippen molar-refractivity contribution in [2.24, 2.45) is 0 Å². The molecule has 1 heterocycles. The van der Waals surface area contributed by atoms with Crippen LogP contribution >= 0.6 is 15.9 Å². The summed E-state index contributed by atoms with van der Waals surface area (Å²) < 4.78 is 0.620. The molecule has 5 heteroatoms. The number of aliphatic hydroxyl groups is 1. The van der Waals surface area contributed by atoms with E-state index in [-0.39, 0.29) is 12.5 Å². The number of aliphatic hydroxyl groups excluding tert-OH is 1. The average Bonchev–Trinajstić information content (AvgIpc) is 2.26. The number of carbonyl (C=O) groups is 1. The number of aromatic nitrogens is 1. The van der Waals surface area contributed by atoms with Gasteiger partial charge >= 0.3 is 0 Å². The molecule has 1 atom stereocenters. The molecule has 0 radical (unpaired) electrons. The summed E-state index contributed by atoms with van der Waals surface area (Å²) in [6, 6.07) is 5.13. The van der Waals surface area contributed by atoms with E-state index in [0.717, 1.165) is 6.42 Å². The van der Waals surface area contributed by atoms with Crippen molar-refractivity contribution in [3.8, 4) is 0 Å². The molecule has 0 saturated carbocycles. The number of hydrogen-bond acceptors (Lipinski definition) is 3. The molecule has 88 valence electrons. The lowest BCUT2D eigenvalue weighted by Gasteiger charge is -2.10. The van der Waals surface area contributed by atoms with Crippen molar-refractivity contribution in [2.75, 3.05) is 6.54 Å². The van der Waals surface area contributed by atoms with Gasteiger partial charge in [0, 0.05) is 6.54 Å². The Hall–Kier alpha value is -0.940. The van der Waals surface area contributed by atoms with E-state index in [1.165, 1.54) is 0 Å². The standard InChI is InChI=1S/C11H15BrN2O2/c1-2-4-8(15)7-13-11(16)9-5-3-6-10(12)14-9/h3,5-6,8,15H,2,4,7H2,1H3,(H,13,16). The molecule has 1 unspecified atom stereocenters. The minimum absolute atomic E-state index is 0.265. The van der Waals surface area contributed by atoms with Crippen molar-refractivity contribution < 1.29 is 9.90 Å². The second kappa shape index (κ2) is 6.60. The van der Waals surface area contributed by atoms with Gasteiger partial charge in [-0.3, -0.25) is 4.79 Å². The first kappa shape index (κ1) is 13.1. The van der Waals surface area contributed by atoms with Gasteiger partial charge in [-0.15, -0.1) is 0 Å². The maximum absolute atomic E-state index is 11.6. The van der Waals surface area contributed by atoms with Crippen LogP contribution in [0.5, 0.6) is 0 Å². The minimum Gasteiger partial charge on any atom is -0.391 e. The Bertz CT molecular complexity index is 358. The number of rotatable bonds is 5. The molecule has 0 fully saturated rings. The van der Waals surface area contributed by atoms with E-state index in [4.69, 9.17) is 0 Å². The van der Waals surface area contributed by atoms with E-state index in [1.807, 2.05) is 6.92 Å². The molecule has 1 amide bonds. The number of hydrogen-bond donors (Lipinski definition) is 2. The van der Waals surface area contributed by atoms with Crippen LogP contribution in [0.15, 0.2) is 22.8 Å². The largest absolute Gasteiger partial charge is 0.391 e. The van der Waals surface area contributed by atoms with E-state index in [9.17, 15) is 9.90 Å². The average molecular weight is 287 g/mol. The third kappa shape index (κ3) is 4.28. The first-order valence-corrected chi connectivity index (χ1v) is 6.01. The van der Waals surface area contributed by atoms with E-state index >= 15 is 0 Å². The van der Waals surface area contributed by atoms with Gasteiger partial charge in [0.15, 0.2) is 0 Å². The highest BCUT2D eigenvalue weighted by atomic mass is 79.9. The Morgan fingerprint density at radius 3 is 3.00 bits per heavy atom. The summed E-state index contributed by atoms with van der Waals surface area (Å²) in [6.07, 6.45) is 1.10. The maximum atomic E-state index is 11.6. The van der Waals surface area contributed by atoms with Crippen LogP contribution in [0.25, 0.3) is 0 Å². The zero-order valence-electron chi connectivity index (χ0n) is 9.11. The van der Waals surface area contributed by atoms with Crippen molar-refractivity contribution >= 4 is 21.8 Å². The van der Waals surface area contributed by atoms with Crippen molar-refractivity contribution in [1.82, 2.24) is 10.3 Å².